The van der Waals surface area contributed by atoms with Crippen LogP contribution in [0.2, 0.25) is 0 Å². The molecule has 0 bridgehead atoms. The molecule has 0 aliphatic heterocycles. The third kappa shape index (κ3) is 12.6. The van der Waals surface area contributed by atoms with Crippen molar-refractivity contribution in [2.45, 2.75) is 13.3 Å². The summed E-state index contributed by atoms with van der Waals surface area (Å²) in [7, 11) is 1.00. The van der Waals surface area contributed by atoms with Gasteiger partial charge in [-0.1, -0.05) is 41.3 Å². The Bertz CT molecular complexity index is 964. The molecule has 0 saturated heterocycles. The minimum Gasteiger partial charge on any atom is -1.00 e. The van der Waals surface area contributed by atoms with Crippen molar-refractivity contribution in [1.82, 2.24) is 0 Å². The fraction of sp³-hybridized carbons (Fsp3) is 0.103. The van der Waals surface area contributed by atoms with Gasteiger partial charge in [0, 0.05) is 7.11 Å². The fourth-order valence-electron chi connectivity index (χ4n) is 2.84. The van der Waals surface area contributed by atoms with E-state index in [4.69, 9.17) is 5.11 Å². The van der Waals surface area contributed by atoms with Crippen molar-refractivity contribution in [2.75, 3.05) is 7.11 Å². The van der Waals surface area contributed by atoms with Crippen molar-refractivity contribution in [3.8, 4) is 0 Å². The molecule has 0 amide bonds. The summed E-state index contributed by atoms with van der Waals surface area (Å²) in [4.78, 5) is 0. The van der Waals surface area contributed by atoms with Gasteiger partial charge in [-0.25, -0.2) is 0 Å². The summed E-state index contributed by atoms with van der Waals surface area (Å²) in [6.07, 6.45) is 5.56. The van der Waals surface area contributed by atoms with Gasteiger partial charge >= 0.3 is 21.7 Å². The molecular weight excluding hydrogens is 483 g/mol. The Morgan fingerprint density at radius 1 is 0.697 bits per heavy atom. The van der Waals surface area contributed by atoms with Crippen LogP contribution in [0, 0.1) is 18.2 Å². The molecular formula is C29H27Cl2OTi-3. The Labute approximate surface area is 226 Å². The third-order valence-electron chi connectivity index (χ3n) is 4.27. The van der Waals surface area contributed by atoms with Gasteiger partial charge in [-0.3, -0.25) is 0 Å². The summed E-state index contributed by atoms with van der Waals surface area (Å²) >= 11 is 0. The van der Waals surface area contributed by atoms with Crippen molar-refractivity contribution in [3.63, 3.8) is 0 Å². The molecule has 33 heavy (non-hydrogen) atoms. The third-order valence-corrected chi connectivity index (χ3v) is 4.27. The Balaban J connectivity index is 0. The van der Waals surface area contributed by atoms with Crippen LogP contribution in [0.4, 0.5) is 0 Å². The first-order valence-corrected chi connectivity index (χ1v) is 9.88. The number of hydrogen-bond acceptors (Lipinski definition) is 1. The van der Waals surface area contributed by atoms with E-state index in [9.17, 15) is 0 Å². The maximum absolute atomic E-state index is 7.00. The normalized spacial score (nSPS) is 10.4. The van der Waals surface area contributed by atoms with Crippen LogP contribution >= 0.6 is 0 Å². The van der Waals surface area contributed by atoms with Crippen LogP contribution in [0.1, 0.15) is 18.9 Å². The second-order valence-corrected chi connectivity index (χ2v) is 6.44. The van der Waals surface area contributed by atoms with E-state index in [-0.39, 0.29) is 46.5 Å². The van der Waals surface area contributed by atoms with Gasteiger partial charge in [0.2, 0.25) is 0 Å². The van der Waals surface area contributed by atoms with Gasteiger partial charge in [0.05, 0.1) is 0 Å². The van der Waals surface area contributed by atoms with Crippen LogP contribution in [-0.2, 0) is 21.7 Å². The molecule has 0 aromatic heterocycles. The number of aliphatic hydroxyl groups excluding tert-OH is 1. The molecule has 1 nitrogen and oxygen atoms in total. The van der Waals surface area contributed by atoms with Crippen LogP contribution < -0.4 is 24.8 Å². The number of aliphatic hydroxyl groups is 1. The Hall–Kier alpha value is -2.13. The smallest absolute Gasteiger partial charge is 1.00 e. The zero-order valence-electron chi connectivity index (χ0n) is 18.8. The first-order valence-electron chi connectivity index (χ1n) is 9.88. The minimum atomic E-state index is 0. The molecule has 0 fully saturated rings. The molecule has 170 valence electrons. The number of rotatable bonds is 1. The van der Waals surface area contributed by atoms with E-state index in [2.05, 4.69) is 73.7 Å². The van der Waals surface area contributed by atoms with Crippen LogP contribution in [0.15, 0.2) is 115 Å². The zero-order valence-corrected chi connectivity index (χ0v) is 21.9. The summed E-state index contributed by atoms with van der Waals surface area (Å²) in [5, 5.41) is 9.46. The standard InChI is InChI=1S/C16H13.2C6H5.CH4O.2ClH.Ti/c1-12-6-7-15(10-12)16-9-8-13-4-2-3-5-14(13)11-16;2*1-2-4-6-5-3-1;1-2;;;/h2-6,8-10H,7H2,1H3;2*1-5H;2H,1H3;2*1H;/q3*-1;;;;+2/p-2. The van der Waals surface area contributed by atoms with E-state index in [0.29, 0.717) is 0 Å². The summed E-state index contributed by atoms with van der Waals surface area (Å²) in [6, 6.07) is 41.2. The number of fused-ring (bicyclic) bond motifs is 1. The van der Waals surface area contributed by atoms with Gasteiger partial charge in [0.1, 0.15) is 0 Å². The molecule has 1 aliphatic rings. The molecule has 1 N–H and O–H groups in total. The van der Waals surface area contributed by atoms with Crippen molar-refractivity contribution in [1.29, 1.82) is 0 Å². The Morgan fingerprint density at radius 3 is 1.67 bits per heavy atom. The van der Waals surface area contributed by atoms with E-state index in [1.54, 1.807) is 0 Å². The molecule has 4 heteroatoms. The van der Waals surface area contributed by atoms with Crippen LogP contribution in [0.3, 0.4) is 0 Å². The number of benzene rings is 4. The van der Waals surface area contributed by atoms with Gasteiger partial charge in [0.25, 0.3) is 0 Å². The van der Waals surface area contributed by atoms with Crippen molar-refractivity contribution in [2.24, 2.45) is 0 Å². The first kappa shape index (κ1) is 33.0. The van der Waals surface area contributed by atoms with E-state index < -0.39 is 0 Å². The summed E-state index contributed by atoms with van der Waals surface area (Å²) in [5.74, 6) is 0. The van der Waals surface area contributed by atoms with Gasteiger partial charge in [-0.2, -0.15) is 72.8 Å². The van der Waals surface area contributed by atoms with Gasteiger partial charge < -0.3 is 29.9 Å². The Morgan fingerprint density at radius 2 is 1.24 bits per heavy atom. The topological polar surface area (TPSA) is 20.2 Å². The van der Waals surface area contributed by atoms with E-state index >= 15 is 0 Å². The quantitative estimate of drug-likeness (QED) is 0.299. The Kier molecular flexibility index (Phi) is 20.5. The molecule has 0 heterocycles. The van der Waals surface area contributed by atoms with Gasteiger partial charge in [0.15, 0.2) is 0 Å². The van der Waals surface area contributed by atoms with Crippen LogP contribution in [-0.4, -0.2) is 12.2 Å². The SMILES string of the molecule is CC1=CCC(c2[c-]c3ccccc3cc2)=C1.CO.[Cl-].[Cl-].[Ti+2].[c-]1ccccc1.[c-]1ccccc1. The predicted molar refractivity (Wildman–Crippen MR) is 128 cm³/mol. The molecule has 0 radical (unpaired) electrons. The van der Waals surface area contributed by atoms with Crippen molar-refractivity contribution < 1.29 is 51.6 Å². The van der Waals surface area contributed by atoms with Crippen LogP contribution in [0.25, 0.3) is 16.3 Å². The molecule has 4 aromatic carbocycles. The van der Waals surface area contributed by atoms with Crippen molar-refractivity contribution >= 4 is 16.3 Å². The molecule has 5 rings (SSSR count). The second-order valence-electron chi connectivity index (χ2n) is 6.44. The first-order chi connectivity index (χ1) is 14.8. The molecule has 1 aliphatic carbocycles. The second kappa shape index (κ2) is 20.5. The largest absolute Gasteiger partial charge is 2.00 e. The maximum atomic E-state index is 7.00. The number of allylic oxidation sites excluding steroid dienone is 4. The molecule has 0 atom stereocenters. The fourth-order valence-corrected chi connectivity index (χ4v) is 2.84. The molecule has 4 aromatic rings. The average Bonchev–Trinajstić information content (AvgIpc) is 3.29. The van der Waals surface area contributed by atoms with Gasteiger partial charge in [-0.15, -0.1) is 40.8 Å². The van der Waals surface area contributed by atoms with E-state index in [0.717, 1.165) is 13.5 Å². The average molecular weight is 510 g/mol. The van der Waals surface area contributed by atoms with Gasteiger partial charge in [-0.05, 0) is 13.3 Å². The molecule has 0 saturated carbocycles. The monoisotopic (exact) mass is 509 g/mol. The predicted octanol–water partition coefficient (Wildman–Crippen LogP) is 0.961. The minimum absolute atomic E-state index is 0. The maximum Gasteiger partial charge on any atom is 2.00 e. The summed E-state index contributed by atoms with van der Waals surface area (Å²) < 4.78 is 0. The van der Waals surface area contributed by atoms with E-state index in [1.165, 1.54) is 27.5 Å². The van der Waals surface area contributed by atoms with Crippen molar-refractivity contribution in [3.05, 3.63) is 139 Å². The number of halogens is 2. The summed E-state index contributed by atoms with van der Waals surface area (Å²) in [5.41, 5.74) is 3.96. The number of hydrogen-bond donors (Lipinski definition) is 1. The summed E-state index contributed by atoms with van der Waals surface area (Å²) in [6.45, 7) is 2.15. The van der Waals surface area contributed by atoms with E-state index in [1.807, 2.05) is 60.7 Å². The van der Waals surface area contributed by atoms with Crippen LogP contribution in [0.5, 0.6) is 0 Å². The zero-order chi connectivity index (χ0) is 21.4. The molecule has 0 spiro atoms. The molecule has 0 unspecified atom stereocenters.